The zero-order valence-electron chi connectivity index (χ0n) is 10.2. The molecule has 0 saturated heterocycles. The summed E-state index contributed by atoms with van der Waals surface area (Å²) in [7, 11) is 0. The van der Waals surface area contributed by atoms with Gasteiger partial charge in [0, 0.05) is 9.79 Å². The molecule has 0 bridgehead atoms. The summed E-state index contributed by atoms with van der Waals surface area (Å²) in [5.74, 6) is 0. The SMILES string of the molecule is CCc1c(Cl)sc(Cl)c1Sc1c(Cl)sc(Cl)c1CC. The lowest BCUT2D eigenvalue weighted by atomic mass is 10.3. The van der Waals surface area contributed by atoms with Crippen LogP contribution in [0.3, 0.4) is 0 Å². The maximum Gasteiger partial charge on any atom is 0.109 e. The Hall–Kier alpha value is 0.910. The smallest absolute Gasteiger partial charge is 0.109 e. The normalized spacial score (nSPS) is 11.3. The molecule has 2 aromatic rings. The summed E-state index contributed by atoms with van der Waals surface area (Å²) in [5, 5.41) is 0. The Kier molecular flexibility index (Phi) is 5.81. The number of rotatable bonds is 4. The minimum Gasteiger partial charge on any atom is -0.110 e. The Labute approximate surface area is 145 Å². The highest BCUT2D eigenvalue weighted by Gasteiger charge is 2.21. The predicted molar refractivity (Wildman–Crippen MR) is 91.6 cm³/mol. The molecule has 0 aliphatic carbocycles. The number of halogens is 4. The van der Waals surface area contributed by atoms with Gasteiger partial charge in [0.15, 0.2) is 0 Å². The highest BCUT2D eigenvalue weighted by molar-refractivity contribution is 8.00. The monoisotopic (exact) mass is 390 g/mol. The third-order valence-electron chi connectivity index (χ3n) is 2.65. The number of hydrogen-bond acceptors (Lipinski definition) is 3. The molecule has 0 nitrogen and oxygen atoms in total. The Balaban J connectivity index is 2.47. The largest absolute Gasteiger partial charge is 0.110 e. The van der Waals surface area contributed by atoms with Crippen molar-refractivity contribution in [3.05, 3.63) is 28.5 Å². The molecular weight excluding hydrogens is 382 g/mol. The van der Waals surface area contributed by atoms with Gasteiger partial charge in [-0.05, 0) is 24.0 Å². The Morgan fingerprint density at radius 2 is 1.11 bits per heavy atom. The fourth-order valence-electron chi connectivity index (χ4n) is 1.69. The van der Waals surface area contributed by atoms with Crippen molar-refractivity contribution in [1.82, 2.24) is 0 Å². The van der Waals surface area contributed by atoms with Crippen LogP contribution in [0.2, 0.25) is 17.3 Å². The van der Waals surface area contributed by atoms with Gasteiger partial charge in [0.25, 0.3) is 0 Å². The van der Waals surface area contributed by atoms with Gasteiger partial charge >= 0.3 is 0 Å². The van der Waals surface area contributed by atoms with Gasteiger partial charge < -0.3 is 0 Å². The summed E-state index contributed by atoms with van der Waals surface area (Å²) in [5.41, 5.74) is 2.17. The maximum atomic E-state index is 6.27. The van der Waals surface area contributed by atoms with E-state index in [0.717, 1.165) is 42.4 Å². The highest BCUT2D eigenvalue weighted by Crippen LogP contribution is 2.51. The van der Waals surface area contributed by atoms with Crippen LogP contribution >= 0.6 is 80.8 Å². The molecule has 0 fully saturated rings. The molecule has 2 heterocycles. The molecule has 0 unspecified atom stereocenters. The summed E-state index contributed by atoms with van der Waals surface area (Å²) in [6, 6.07) is 0. The van der Waals surface area contributed by atoms with Crippen LogP contribution in [-0.2, 0) is 12.8 Å². The van der Waals surface area contributed by atoms with Crippen molar-refractivity contribution in [2.24, 2.45) is 0 Å². The second-order valence-electron chi connectivity index (χ2n) is 3.72. The van der Waals surface area contributed by atoms with Crippen molar-refractivity contribution >= 4 is 80.8 Å². The quantitative estimate of drug-likeness (QED) is 0.514. The van der Waals surface area contributed by atoms with Crippen molar-refractivity contribution < 1.29 is 0 Å². The highest BCUT2D eigenvalue weighted by atomic mass is 35.5. The number of thiophene rings is 2. The van der Waals surface area contributed by atoms with E-state index >= 15 is 0 Å². The molecule has 0 N–H and O–H groups in total. The lowest BCUT2D eigenvalue weighted by Crippen LogP contribution is -1.84. The van der Waals surface area contributed by atoms with E-state index in [1.807, 2.05) is 0 Å². The molecular formula is C12H10Cl4S3. The minimum absolute atomic E-state index is 0.715. The summed E-state index contributed by atoms with van der Waals surface area (Å²) < 4.78 is 2.94. The first-order valence-corrected chi connectivity index (χ1v) is 9.56. The topological polar surface area (TPSA) is 0 Å². The first kappa shape index (κ1) is 16.3. The van der Waals surface area contributed by atoms with Gasteiger partial charge in [-0.2, -0.15) is 0 Å². The maximum absolute atomic E-state index is 6.27. The fourth-order valence-corrected chi connectivity index (χ4v) is 7.10. The van der Waals surface area contributed by atoms with Crippen LogP contribution in [0.15, 0.2) is 9.79 Å². The molecule has 0 aliphatic heterocycles. The molecule has 0 aliphatic rings. The van der Waals surface area contributed by atoms with E-state index < -0.39 is 0 Å². The number of hydrogen-bond donors (Lipinski definition) is 0. The molecule has 0 saturated carbocycles. The zero-order valence-corrected chi connectivity index (χ0v) is 15.6. The van der Waals surface area contributed by atoms with Gasteiger partial charge in [-0.15, -0.1) is 22.7 Å². The van der Waals surface area contributed by atoms with E-state index in [4.69, 9.17) is 46.4 Å². The molecule has 2 rings (SSSR count). The van der Waals surface area contributed by atoms with E-state index in [1.54, 1.807) is 11.8 Å². The second kappa shape index (κ2) is 6.78. The van der Waals surface area contributed by atoms with Crippen molar-refractivity contribution in [3.8, 4) is 0 Å². The van der Waals surface area contributed by atoms with Crippen LogP contribution in [-0.4, -0.2) is 0 Å². The van der Waals surface area contributed by atoms with E-state index in [2.05, 4.69) is 13.8 Å². The summed E-state index contributed by atoms with van der Waals surface area (Å²) in [4.78, 5) is 2.01. The van der Waals surface area contributed by atoms with Crippen LogP contribution in [0, 0.1) is 0 Å². The first-order valence-electron chi connectivity index (χ1n) is 5.60. The zero-order chi connectivity index (χ0) is 14.2. The minimum atomic E-state index is 0.715. The molecule has 0 spiro atoms. The van der Waals surface area contributed by atoms with Crippen LogP contribution in [0.25, 0.3) is 0 Å². The third-order valence-corrected chi connectivity index (χ3v) is 7.82. The molecule has 0 radical (unpaired) electrons. The van der Waals surface area contributed by atoms with Gasteiger partial charge in [-0.25, -0.2) is 0 Å². The van der Waals surface area contributed by atoms with Crippen molar-refractivity contribution in [1.29, 1.82) is 0 Å². The summed E-state index contributed by atoms with van der Waals surface area (Å²) in [6.45, 7) is 4.13. The fraction of sp³-hybridized carbons (Fsp3) is 0.333. The summed E-state index contributed by atoms with van der Waals surface area (Å²) >= 11 is 29.3. The van der Waals surface area contributed by atoms with Crippen LogP contribution in [0.4, 0.5) is 0 Å². The average Bonchev–Trinajstić information content (AvgIpc) is 2.77. The molecule has 2 aromatic heterocycles. The molecule has 104 valence electrons. The Bertz CT molecular complexity index is 548. The predicted octanol–water partition coefficient (Wildman–Crippen LogP) is 7.70. The van der Waals surface area contributed by atoms with Gasteiger partial charge in [0.05, 0.1) is 8.67 Å². The van der Waals surface area contributed by atoms with E-state index in [-0.39, 0.29) is 0 Å². The lowest BCUT2D eigenvalue weighted by molar-refractivity contribution is 1.09. The van der Waals surface area contributed by atoms with Crippen LogP contribution in [0.5, 0.6) is 0 Å². The third kappa shape index (κ3) is 3.23. The first-order chi connectivity index (χ1) is 8.99. The standard InChI is InChI=1S/C12H10Cl4S3/c1-3-5-7(11(15)18-9(5)13)17-8-6(4-2)10(14)19-12(8)16/h3-4H2,1-2H3. The van der Waals surface area contributed by atoms with E-state index in [9.17, 15) is 0 Å². The van der Waals surface area contributed by atoms with Crippen LogP contribution in [0.1, 0.15) is 25.0 Å². The molecule has 19 heavy (non-hydrogen) atoms. The molecule has 0 atom stereocenters. The Morgan fingerprint density at radius 3 is 1.42 bits per heavy atom. The molecule has 7 heteroatoms. The second-order valence-corrected chi connectivity index (χ2v) is 9.19. The molecule has 0 amide bonds. The van der Waals surface area contributed by atoms with Crippen molar-refractivity contribution in [3.63, 3.8) is 0 Å². The lowest BCUT2D eigenvalue weighted by Gasteiger charge is -2.05. The van der Waals surface area contributed by atoms with E-state index in [0.29, 0.717) is 8.67 Å². The van der Waals surface area contributed by atoms with E-state index in [1.165, 1.54) is 22.7 Å². The Morgan fingerprint density at radius 1 is 0.737 bits per heavy atom. The van der Waals surface area contributed by atoms with Gasteiger partial charge in [-0.3, -0.25) is 0 Å². The van der Waals surface area contributed by atoms with Crippen LogP contribution < -0.4 is 0 Å². The van der Waals surface area contributed by atoms with Crippen molar-refractivity contribution in [2.45, 2.75) is 36.5 Å². The van der Waals surface area contributed by atoms with Gasteiger partial charge in [0.1, 0.15) is 8.67 Å². The van der Waals surface area contributed by atoms with Gasteiger partial charge in [0.2, 0.25) is 0 Å². The molecule has 0 aromatic carbocycles. The average molecular weight is 392 g/mol. The van der Waals surface area contributed by atoms with Gasteiger partial charge in [-0.1, -0.05) is 72.0 Å². The summed E-state index contributed by atoms with van der Waals surface area (Å²) in [6.07, 6.45) is 1.70. The van der Waals surface area contributed by atoms with Crippen molar-refractivity contribution in [2.75, 3.05) is 0 Å².